The minimum Gasteiger partial charge on any atom is -0.508 e. The molecule has 0 aromatic heterocycles. The van der Waals surface area contributed by atoms with Crippen LogP contribution in [-0.2, 0) is 0 Å². The van der Waals surface area contributed by atoms with Crippen LogP contribution in [-0.4, -0.2) is 23.8 Å². The molecule has 0 aliphatic rings. The molecule has 2 aromatic carbocycles. The number of Topliss-reactive ketones (excluding diaryl/α,β-unsaturated/α-hetero) is 1. The van der Waals surface area contributed by atoms with Crippen LogP contribution in [0.15, 0.2) is 42.5 Å². The Bertz CT molecular complexity index is 707. The largest absolute Gasteiger partial charge is 0.508 e. The second-order valence-electron chi connectivity index (χ2n) is 4.97. The summed E-state index contributed by atoms with van der Waals surface area (Å²) in [7, 11) is 1.66. The Kier molecular flexibility index (Phi) is 4.08. The summed E-state index contributed by atoms with van der Waals surface area (Å²) in [5.74, 6) is -0.100. The molecule has 0 saturated carbocycles. The molecular formula is C17H17NO3. The maximum Gasteiger partial charge on any atom is 0.258 e. The molecule has 1 amide bonds. The number of hydrogen-bond acceptors (Lipinski definition) is 3. The zero-order valence-electron chi connectivity index (χ0n) is 12.3. The first-order chi connectivity index (χ1) is 9.90. The Labute approximate surface area is 123 Å². The molecule has 2 rings (SSSR count). The number of nitrogens with zero attached hydrogens (tertiary/aromatic N) is 1. The van der Waals surface area contributed by atoms with Gasteiger partial charge in [-0.2, -0.15) is 0 Å². The predicted molar refractivity (Wildman–Crippen MR) is 82.0 cm³/mol. The fraction of sp³-hybridized carbons (Fsp3) is 0.176. The number of carbonyl (C=O) groups excluding carboxylic acids is 2. The highest BCUT2D eigenvalue weighted by Gasteiger charge is 2.16. The third-order valence-electron chi connectivity index (χ3n) is 3.39. The zero-order valence-corrected chi connectivity index (χ0v) is 12.3. The molecule has 21 heavy (non-hydrogen) atoms. The van der Waals surface area contributed by atoms with Gasteiger partial charge in [0.25, 0.3) is 5.91 Å². The third kappa shape index (κ3) is 3.11. The van der Waals surface area contributed by atoms with Gasteiger partial charge < -0.3 is 10.0 Å². The molecule has 108 valence electrons. The molecule has 1 N–H and O–H groups in total. The summed E-state index contributed by atoms with van der Waals surface area (Å²) in [6.45, 7) is 3.26. The van der Waals surface area contributed by atoms with Gasteiger partial charge in [-0.15, -0.1) is 0 Å². The van der Waals surface area contributed by atoms with Gasteiger partial charge in [0.1, 0.15) is 5.75 Å². The maximum atomic E-state index is 12.5. The van der Waals surface area contributed by atoms with Crippen molar-refractivity contribution in [2.45, 2.75) is 13.8 Å². The number of hydrogen-bond donors (Lipinski definition) is 1. The van der Waals surface area contributed by atoms with E-state index in [4.69, 9.17) is 0 Å². The quantitative estimate of drug-likeness (QED) is 0.880. The van der Waals surface area contributed by atoms with Gasteiger partial charge in [0, 0.05) is 23.9 Å². The molecule has 2 aromatic rings. The van der Waals surface area contributed by atoms with Crippen LogP contribution in [0.4, 0.5) is 5.69 Å². The molecule has 0 spiro atoms. The van der Waals surface area contributed by atoms with E-state index < -0.39 is 0 Å². The number of rotatable bonds is 3. The van der Waals surface area contributed by atoms with Gasteiger partial charge in [-0.05, 0) is 49.7 Å². The lowest BCUT2D eigenvalue weighted by molar-refractivity contribution is 0.0987. The predicted octanol–water partition coefficient (Wildman–Crippen LogP) is 3.18. The Morgan fingerprint density at radius 2 is 1.81 bits per heavy atom. The fourth-order valence-electron chi connectivity index (χ4n) is 2.12. The first-order valence-electron chi connectivity index (χ1n) is 6.59. The topological polar surface area (TPSA) is 57.6 Å². The highest BCUT2D eigenvalue weighted by molar-refractivity contribution is 6.07. The summed E-state index contributed by atoms with van der Waals surface area (Å²) >= 11 is 0. The second kappa shape index (κ2) is 5.79. The van der Waals surface area contributed by atoms with E-state index in [1.165, 1.54) is 17.9 Å². The van der Waals surface area contributed by atoms with Crippen molar-refractivity contribution in [1.82, 2.24) is 0 Å². The first kappa shape index (κ1) is 14.8. The van der Waals surface area contributed by atoms with Crippen molar-refractivity contribution in [3.05, 3.63) is 59.2 Å². The van der Waals surface area contributed by atoms with Crippen LogP contribution in [0.3, 0.4) is 0 Å². The van der Waals surface area contributed by atoms with Gasteiger partial charge in [-0.1, -0.05) is 12.1 Å². The van der Waals surface area contributed by atoms with Crippen LogP contribution in [0, 0.1) is 6.92 Å². The Hall–Kier alpha value is -2.62. The smallest absolute Gasteiger partial charge is 0.258 e. The summed E-state index contributed by atoms with van der Waals surface area (Å²) in [6.07, 6.45) is 0. The van der Waals surface area contributed by atoms with Gasteiger partial charge in [-0.3, -0.25) is 9.59 Å². The minimum atomic E-state index is -0.187. The maximum absolute atomic E-state index is 12.5. The van der Waals surface area contributed by atoms with Crippen molar-refractivity contribution in [1.29, 1.82) is 0 Å². The summed E-state index contributed by atoms with van der Waals surface area (Å²) in [5.41, 5.74) is 2.44. The van der Waals surface area contributed by atoms with E-state index >= 15 is 0 Å². The van der Waals surface area contributed by atoms with E-state index in [9.17, 15) is 14.7 Å². The normalized spacial score (nSPS) is 10.2. The number of benzene rings is 2. The monoisotopic (exact) mass is 283 g/mol. The van der Waals surface area contributed by atoms with Crippen LogP contribution in [0.2, 0.25) is 0 Å². The summed E-state index contributed by atoms with van der Waals surface area (Å²) in [6, 6.07) is 11.6. The highest BCUT2D eigenvalue weighted by Crippen LogP contribution is 2.21. The van der Waals surface area contributed by atoms with Gasteiger partial charge in [0.05, 0.1) is 0 Å². The molecule has 0 radical (unpaired) electrons. The highest BCUT2D eigenvalue weighted by atomic mass is 16.3. The van der Waals surface area contributed by atoms with Crippen LogP contribution in [0.25, 0.3) is 0 Å². The molecular weight excluding hydrogens is 266 g/mol. The lowest BCUT2D eigenvalue weighted by Crippen LogP contribution is -2.27. The number of amides is 1. The number of aromatic hydroxyl groups is 1. The number of phenolic OH excluding ortho intramolecular Hbond substituents is 1. The van der Waals surface area contributed by atoms with Crippen LogP contribution in [0.5, 0.6) is 5.75 Å². The molecule has 0 fully saturated rings. The van der Waals surface area contributed by atoms with Crippen molar-refractivity contribution in [2.24, 2.45) is 0 Å². The number of carbonyl (C=O) groups is 2. The number of ketones is 1. The van der Waals surface area contributed by atoms with Crippen LogP contribution < -0.4 is 4.90 Å². The molecule has 0 heterocycles. The van der Waals surface area contributed by atoms with E-state index in [1.807, 2.05) is 0 Å². The molecule has 0 aliphatic heterocycles. The second-order valence-corrected chi connectivity index (χ2v) is 4.97. The first-order valence-corrected chi connectivity index (χ1v) is 6.59. The number of aryl methyl sites for hydroxylation is 1. The molecule has 4 nitrogen and oxygen atoms in total. The lowest BCUT2D eigenvalue weighted by Gasteiger charge is -2.19. The van der Waals surface area contributed by atoms with Crippen LogP contribution in [0.1, 0.15) is 33.2 Å². The van der Waals surface area contributed by atoms with E-state index in [0.29, 0.717) is 22.4 Å². The van der Waals surface area contributed by atoms with Gasteiger partial charge in [0.2, 0.25) is 0 Å². The zero-order chi connectivity index (χ0) is 15.6. The molecule has 0 atom stereocenters. The average molecular weight is 283 g/mol. The standard InChI is InChI=1S/C17H17NO3/c1-11-9-15(20)7-8-16(11)17(21)18(3)14-6-4-5-13(10-14)12(2)19/h4-10,20H,1-3H3. The summed E-state index contributed by atoms with van der Waals surface area (Å²) < 4.78 is 0. The molecule has 4 heteroatoms. The Balaban J connectivity index is 2.35. The van der Waals surface area contributed by atoms with Crippen molar-refractivity contribution in [3.63, 3.8) is 0 Å². The minimum absolute atomic E-state index is 0.0430. The van der Waals surface area contributed by atoms with Crippen LogP contribution >= 0.6 is 0 Å². The average Bonchev–Trinajstić information content (AvgIpc) is 2.46. The molecule has 0 saturated heterocycles. The molecule has 0 unspecified atom stereocenters. The van der Waals surface area contributed by atoms with Crippen molar-refractivity contribution < 1.29 is 14.7 Å². The lowest BCUT2D eigenvalue weighted by atomic mass is 10.1. The van der Waals surface area contributed by atoms with E-state index in [0.717, 1.165) is 0 Å². The van der Waals surface area contributed by atoms with E-state index in [2.05, 4.69) is 0 Å². The van der Waals surface area contributed by atoms with Crippen molar-refractivity contribution >= 4 is 17.4 Å². The molecule has 0 bridgehead atoms. The SMILES string of the molecule is CC(=O)c1cccc(N(C)C(=O)c2ccc(O)cc2C)c1. The number of phenols is 1. The van der Waals surface area contributed by atoms with Crippen molar-refractivity contribution in [2.75, 3.05) is 11.9 Å². The molecule has 0 aliphatic carbocycles. The fourth-order valence-corrected chi connectivity index (χ4v) is 2.12. The Morgan fingerprint density at radius 1 is 1.10 bits per heavy atom. The number of anilines is 1. The van der Waals surface area contributed by atoms with Gasteiger partial charge >= 0.3 is 0 Å². The third-order valence-corrected chi connectivity index (χ3v) is 3.39. The van der Waals surface area contributed by atoms with Crippen molar-refractivity contribution in [3.8, 4) is 5.75 Å². The summed E-state index contributed by atoms with van der Waals surface area (Å²) in [4.78, 5) is 25.4. The summed E-state index contributed by atoms with van der Waals surface area (Å²) in [5, 5.41) is 9.41. The van der Waals surface area contributed by atoms with Gasteiger partial charge in [-0.25, -0.2) is 0 Å². The van der Waals surface area contributed by atoms with Gasteiger partial charge in [0.15, 0.2) is 5.78 Å². The van der Waals surface area contributed by atoms with E-state index in [1.54, 1.807) is 50.4 Å². The Morgan fingerprint density at radius 3 is 2.43 bits per heavy atom. The van der Waals surface area contributed by atoms with E-state index in [-0.39, 0.29) is 17.4 Å².